The van der Waals surface area contributed by atoms with Crippen molar-refractivity contribution >= 4 is 29.3 Å². The number of alkyl carbamates (subject to hydrolysis) is 1. The number of hydrogen-bond acceptors (Lipinski definition) is 8. The number of nitrogens with zero attached hydrogens (tertiary/aromatic N) is 3. The molecule has 2 aliphatic heterocycles. The highest BCUT2D eigenvalue weighted by molar-refractivity contribution is 5.89. The first-order valence-electron chi connectivity index (χ1n) is 16.4. The van der Waals surface area contributed by atoms with Gasteiger partial charge in [-0.3, -0.25) is 4.79 Å². The number of aldehydes is 1. The van der Waals surface area contributed by atoms with Crippen LogP contribution in [0.4, 0.5) is 13.6 Å². The molecule has 1 saturated heterocycles. The van der Waals surface area contributed by atoms with E-state index in [1.807, 2.05) is 20.8 Å². The van der Waals surface area contributed by atoms with Crippen LogP contribution in [0.5, 0.6) is 11.6 Å². The Morgan fingerprint density at radius 1 is 1.02 bits per heavy atom. The van der Waals surface area contributed by atoms with Gasteiger partial charge in [-0.05, 0) is 68.4 Å². The second-order valence-electron chi connectivity index (χ2n) is 14.7. The van der Waals surface area contributed by atoms with E-state index in [0.29, 0.717) is 56.1 Å². The third-order valence-electron chi connectivity index (χ3n) is 10.7. The Bertz CT molecular complexity index is 1510. The van der Waals surface area contributed by atoms with E-state index in [9.17, 15) is 14.4 Å². The zero-order valence-corrected chi connectivity index (χ0v) is 27.2. The first kappa shape index (κ1) is 32.4. The predicted molar refractivity (Wildman–Crippen MR) is 165 cm³/mol. The van der Waals surface area contributed by atoms with Crippen molar-refractivity contribution in [1.82, 2.24) is 20.2 Å². The topological polar surface area (TPSA) is 120 Å². The number of methoxy groups -OCH3 is 1. The van der Waals surface area contributed by atoms with Gasteiger partial charge in [0.1, 0.15) is 30.3 Å². The molecule has 1 aromatic carbocycles. The number of halogens is 2. The zero-order chi connectivity index (χ0) is 33.0. The Morgan fingerprint density at radius 3 is 2.43 bits per heavy atom. The zero-order valence-electron chi connectivity index (χ0n) is 27.2. The molecule has 46 heavy (non-hydrogen) atoms. The van der Waals surface area contributed by atoms with Crippen LogP contribution in [-0.2, 0) is 20.2 Å². The van der Waals surface area contributed by atoms with Crippen LogP contribution in [0.2, 0.25) is 0 Å². The highest BCUT2D eigenvalue weighted by Gasteiger charge is 2.64. The van der Waals surface area contributed by atoms with Gasteiger partial charge < -0.3 is 29.2 Å². The molecule has 4 aliphatic rings. The van der Waals surface area contributed by atoms with E-state index < -0.39 is 58.6 Å². The number of carbonyl (C=O) groups is 3. The molecular formula is C34H44F2N4O6. The summed E-state index contributed by atoms with van der Waals surface area (Å²) in [5.41, 5.74) is -1.91. The summed E-state index contributed by atoms with van der Waals surface area (Å²) in [6.07, 6.45) is 3.37. The van der Waals surface area contributed by atoms with Crippen molar-refractivity contribution in [1.29, 1.82) is 0 Å². The molecule has 10 nitrogen and oxygen atoms in total. The van der Waals surface area contributed by atoms with Crippen LogP contribution in [0, 0.1) is 22.7 Å². The number of fused-ring (bicyclic) bond motifs is 5. The molecule has 250 valence electrons. The molecule has 2 bridgehead atoms. The lowest BCUT2D eigenvalue weighted by Crippen LogP contribution is -2.56. The molecule has 1 N–H and O–H groups in total. The molecule has 6 atom stereocenters. The fraction of sp³-hybridized carbons (Fsp3) is 0.676. The van der Waals surface area contributed by atoms with E-state index in [1.54, 1.807) is 25.1 Å². The summed E-state index contributed by atoms with van der Waals surface area (Å²) in [6.45, 7) is 7.15. The molecule has 3 fully saturated rings. The third kappa shape index (κ3) is 5.76. The Balaban J connectivity index is 1.44. The molecule has 1 spiro atoms. The summed E-state index contributed by atoms with van der Waals surface area (Å²) >= 11 is 0. The normalized spacial score (nSPS) is 31.2. The molecule has 0 unspecified atom stereocenters. The maximum atomic E-state index is 16.8. The van der Waals surface area contributed by atoms with Gasteiger partial charge in [-0.2, -0.15) is 8.78 Å². The lowest BCUT2D eigenvalue weighted by Gasteiger charge is -2.35. The van der Waals surface area contributed by atoms with Gasteiger partial charge >= 0.3 is 12.0 Å². The standard InChI is InChI=1S/C34H44F2N4O6/c1-19-24(18-41)40-17-26(19)45-29-27(37-22-12-11-21(44-5)16-23(22)38-29)34(35,36)33(14-15-33)13-7-9-20-8-6-10-25(20)46-31(43)39-28(30(40)42)32(2,3)4/h11-12,16,18-20,24-26,28H,6-10,13-15,17H2,1-5H3,(H,39,43)/t19-,20-,24+,25+,26-,28+/m0/s1. The molecule has 3 heterocycles. The molecule has 2 amide bonds. The first-order chi connectivity index (χ1) is 21.8. The van der Waals surface area contributed by atoms with Gasteiger partial charge in [0.15, 0.2) is 5.69 Å². The number of ether oxygens (including phenoxy) is 3. The van der Waals surface area contributed by atoms with E-state index in [4.69, 9.17) is 14.2 Å². The van der Waals surface area contributed by atoms with Crippen molar-refractivity contribution < 1.29 is 37.4 Å². The fourth-order valence-corrected chi connectivity index (χ4v) is 7.56. The largest absolute Gasteiger partial charge is 0.497 e. The summed E-state index contributed by atoms with van der Waals surface area (Å²) < 4.78 is 51.1. The minimum Gasteiger partial charge on any atom is -0.497 e. The minimum atomic E-state index is -3.35. The maximum Gasteiger partial charge on any atom is 0.408 e. The van der Waals surface area contributed by atoms with E-state index in [0.717, 1.165) is 12.8 Å². The van der Waals surface area contributed by atoms with Crippen LogP contribution in [0.15, 0.2) is 18.2 Å². The molecule has 2 aromatic rings. The van der Waals surface area contributed by atoms with Gasteiger partial charge in [0, 0.05) is 17.4 Å². The number of nitrogens with one attached hydrogen (secondary N) is 1. The van der Waals surface area contributed by atoms with Crippen LogP contribution in [-0.4, -0.2) is 71.1 Å². The predicted octanol–water partition coefficient (Wildman–Crippen LogP) is 5.80. The highest BCUT2D eigenvalue weighted by atomic mass is 19.3. The second kappa shape index (κ2) is 11.9. The summed E-state index contributed by atoms with van der Waals surface area (Å²) in [6, 6.07) is 2.95. The van der Waals surface area contributed by atoms with Gasteiger partial charge in [-0.25, -0.2) is 14.8 Å². The SMILES string of the molecule is COc1ccc2nc3c(nc2c1)O[C@H]1CN(C(=O)[C@H](C(C)(C)C)NC(=O)O[C@@H]2CCC[C@H]2CCCC2(CC2)C3(F)F)[C@H](C=O)[C@@H]1C. The maximum absolute atomic E-state index is 16.8. The average Bonchev–Trinajstić information content (AvgIpc) is 3.59. The number of benzene rings is 1. The monoisotopic (exact) mass is 642 g/mol. The van der Waals surface area contributed by atoms with Crippen molar-refractivity contribution in [2.24, 2.45) is 22.7 Å². The molecule has 1 aromatic heterocycles. The minimum absolute atomic E-state index is 0.0480. The van der Waals surface area contributed by atoms with Crippen molar-refractivity contribution in [3.8, 4) is 11.6 Å². The van der Waals surface area contributed by atoms with Gasteiger partial charge in [0.05, 0.1) is 30.7 Å². The molecule has 12 heteroatoms. The smallest absolute Gasteiger partial charge is 0.408 e. The number of amides is 2. The number of carbonyl (C=O) groups excluding carboxylic acids is 3. The fourth-order valence-electron chi connectivity index (χ4n) is 7.56. The Kier molecular flexibility index (Phi) is 8.38. The molecular weight excluding hydrogens is 598 g/mol. The number of rotatable bonds is 2. The number of hydrogen-bond donors (Lipinski definition) is 1. The number of alkyl halides is 2. The van der Waals surface area contributed by atoms with Crippen molar-refractivity contribution in [3.05, 3.63) is 23.9 Å². The van der Waals surface area contributed by atoms with Crippen LogP contribution in [0.1, 0.15) is 84.8 Å². The Labute approximate surface area is 267 Å². The quantitative estimate of drug-likeness (QED) is 0.409. The van der Waals surface area contributed by atoms with Crippen LogP contribution in [0.3, 0.4) is 0 Å². The summed E-state index contributed by atoms with van der Waals surface area (Å²) in [5.74, 6) is -4.15. The van der Waals surface area contributed by atoms with Crippen LogP contribution < -0.4 is 14.8 Å². The Morgan fingerprint density at radius 2 is 1.76 bits per heavy atom. The average molecular weight is 643 g/mol. The molecule has 6 rings (SSSR count). The van der Waals surface area contributed by atoms with E-state index >= 15 is 8.78 Å². The van der Waals surface area contributed by atoms with Gasteiger partial charge in [-0.15, -0.1) is 0 Å². The lowest BCUT2D eigenvalue weighted by atomic mass is 9.85. The summed E-state index contributed by atoms with van der Waals surface area (Å²) in [7, 11) is 1.50. The van der Waals surface area contributed by atoms with Gasteiger partial charge in [-0.1, -0.05) is 34.1 Å². The lowest BCUT2D eigenvalue weighted by molar-refractivity contribution is -0.139. The van der Waals surface area contributed by atoms with E-state index in [1.165, 1.54) is 12.0 Å². The van der Waals surface area contributed by atoms with E-state index in [-0.39, 0.29) is 30.0 Å². The van der Waals surface area contributed by atoms with E-state index in [2.05, 4.69) is 15.3 Å². The Hall–Kier alpha value is -3.57. The molecule has 2 aliphatic carbocycles. The second-order valence-corrected chi connectivity index (χ2v) is 14.7. The first-order valence-corrected chi connectivity index (χ1v) is 16.4. The van der Waals surface area contributed by atoms with Crippen molar-refractivity contribution in [2.75, 3.05) is 13.7 Å². The van der Waals surface area contributed by atoms with Gasteiger partial charge in [0.2, 0.25) is 11.8 Å². The summed E-state index contributed by atoms with van der Waals surface area (Å²) in [4.78, 5) is 50.1. The molecule has 2 saturated carbocycles. The van der Waals surface area contributed by atoms with Crippen LogP contribution >= 0.6 is 0 Å². The van der Waals surface area contributed by atoms with Crippen LogP contribution in [0.25, 0.3) is 11.0 Å². The van der Waals surface area contributed by atoms with Crippen molar-refractivity contribution in [3.63, 3.8) is 0 Å². The summed E-state index contributed by atoms with van der Waals surface area (Å²) in [5, 5.41) is 2.80. The molecule has 0 radical (unpaired) electrons. The van der Waals surface area contributed by atoms with Crippen molar-refractivity contribution in [2.45, 2.75) is 109 Å². The third-order valence-corrected chi connectivity index (χ3v) is 10.7. The highest BCUT2D eigenvalue weighted by Crippen LogP contribution is 2.65. The van der Waals surface area contributed by atoms with Gasteiger partial charge in [0.25, 0.3) is 0 Å². The number of aromatic nitrogens is 2.